The SMILES string of the molecule is [Cl][Pd][Cl].c1ccc(C(CPCC(c2ccccc2)c2ccccc2)c2ccccc2)cc1. The monoisotopic (exact) mass is 570 g/mol. The zero-order chi connectivity index (χ0) is 22.4. The maximum atomic E-state index is 4.81. The van der Waals surface area contributed by atoms with Crippen molar-refractivity contribution in [2.45, 2.75) is 11.8 Å². The van der Waals surface area contributed by atoms with Gasteiger partial charge in [0.2, 0.25) is 0 Å². The number of rotatable bonds is 8. The first-order chi connectivity index (χ1) is 15.8. The Kier molecular flexibility index (Phi) is 11.5. The summed E-state index contributed by atoms with van der Waals surface area (Å²) in [4.78, 5) is 0. The van der Waals surface area contributed by atoms with Gasteiger partial charge < -0.3 is 0 Å². The molecule has 0 radical (unpaired) electrons. The Balaban J connectivity index is 0.000000913. The van der Waals surface area contributed by atoms with E-state index in [2.05, 4.69) is 121 Å². The van der Waals surface area contributed by atoms with E-state index in [4.69, 9.17) is 19.1 Å². The fourth-order valence-corrected chi connectivity index (χ4v) is 5.66. The second-order valence-electron chi connectivity index (χ2n) is 7.45. The van der Waals surface area contributed by atoms with Crippen molar-refractivity contribution in [3.8, 4) is 0 Å². The molecule has 4 aromatic rings. The predicted molar refractivity (Wildman–Crippen MR) is 139 cm³/mol. The van der Waals surface area contributed by atoms with E-state index in [0.717, 1.165) is 8.58 Å². The standard InChI is InChI=1S/C28H27P.2ClH.Pd/c1-5-13-23(14-6-1)27(24-15-7-2-8-16-24)21-29-22-28(25-17-9-3-10-18-25)26-19-11-4-12-20-26;;;/h1-20,27-29H,21-22H2;2*1H;/q;;;+2/p-2. The van der Waals surface area contributed by atoms with Gasteiger partial charge in [-0.25, -0.2) is 0 Å². The summed E-state index contributed by atoms with van der Waals surface area (Å²) in [6.07, 6.45) is 2.37. The molecule has 0 amide bonds. The molecule has 0 aliphatic carbocycles. The molecule has 0 nitrogen and oxygen atoms in total. The molecular weight excluding hydrogens is 545 g/mol. The van der Waals surface area contributed by atoms with Crippen LogP contribution >= 0.6 is 27.6 Å². The first kappa shape index (κ1) is 25.2. The van der Waals surface area contributed by atoms with Gasteiger partial charge in [-0.3, -0.25) is 0 Å². The predicted octanol–water partition coefficient (Wildman–Crippen LogP) is 8.71. The third-order valence-electron chi connectivity index (χ3n) is 5.50. The molecule has 4 heteroatoms. The van der Waals surface area contributed by atoms with E-state index in [-0.39, 0.29) is 15.9 Å². The van der Waals surface area contributed by atoms with Gasteiger partial charge in [-0.05, 0) is 34.6 Å². The topological polar surface area (TPSA) is 0 Å². The Morgan fingerprint density at radius 2 is 0.688 bits per heavy atom. The van der Waals surface area contributed by atoms with Crippen LogP contribution in [0.4, 0.5) is 0 Å². The number of hydrogen-bond acceptors (Lipinski definition) is 0. The molecule has 0 saturated carbocycles. The van der Waals surface area contributed by atoms with E-state index < -0.39 is 0 Å². The van der Waals surface area contributed by atoms with Crippen molar-refractivity contribution in [3.05, 3.63) is 144 Å². The van der Waals surface area contributed by atoms with Gasteiger partial charge in [0.25, 0.3) is 0 Å². The van der Waals surface area contributed by atoms with Gasteiger partial charge in [-0.1, -0.05) is 121 Å². The van der Waals surface area contributed by atoms with Crippen LogP contribution in [0, 0.1) is 0 Å². The van der Waals surface area contributed by atoms with Gasteiger partial charge in [0, 0.05) is 11.8 Å². The van der Waals surface area contributed by atoms with Crippen molar-refractivity contribution in [2.24, 2.45) is 0 Å². The van der Waals surface area contributed by atoms with Crippen LogP contribution in [-0.4, -0.2) is 12.3 Å². The van der Waals surface area contributed by atoms with E-state index >= 15 is 0 Å². The number of benzene rings is 4. The molecule has 32 heavy (non-hydrogen) atoms. The molecule has 0 atom stereocenters. The Hall–Kier alpha value is -1.45. The van der Waals surface area contributed by atoms with E-state index in [0.29, 0.717) is 11.8 Å². The molecule has 0 fully saturated rings. The minimum absolute atomic E-state index is 0.106. The zero-order valence-electron chi connectivity index (χ0n) is 17.7. The van der Waals surface area contributed by atoms with Crippen LogP contribution < -0.4 is 0 Å². The Morgan fingerprint density at radius 3 is 0.906 bits per heavy atom. The second-order valence-corrected chi connectivity index (χ2v) is 11.1. The Morgan fingerprint density at radius 1 is 0.469 bits per heavy atom. The summed E-state index contributed by atoms with van der Waals surface area (Å²) in [5.74, 6) is 0.922. The largest absolute Gasteiger partial charge is 0.120 e. The van der Waals surface area contributed by atoms with Crippen molar-refractivity contribution in [2.75, 3.05) is 12.3 Å². The Bertz CT molecular complexity index is 837. The van der Waals surface area contributed by atoms with Crippen LogP contribution in [0.2, 0.25) is 0 Å². The average molecular weight is 572 g/mol. The third kappa shape index (κ3) is 7.85. The fourth-order valence-electron chi connectivity index (χ4n) is 3.97. The summed E-state index contributed by atoms with van der Waals surface area (Å²) < 4.78 is 0. The zero-order valence-corrected chi connectivity index (χ0v) is 21.8. The van der Waals surface area contributed by atoms with Crippen molar-refractivity contribution < 1.29 is 15.9 Å². The first-order valence-electron chi connectivity index (χ1n) is 10.6. The number of hydrogen-bond donors (Lipinski definition) is 0. The van der Waals surface area contributed by atoms with Gasteiger partial charge >= 0.3 is 35.0 Å². The number of halogens is 2. The molecule has 0 aliphatic rings. The minimum Gasteiger partial charge on any atom is -0.120 e. The van der Waals surface area contributed by atoms with Crippen LogP contribution in [0.3, 0.4) is 0 Å². The van der Waals surface area contributed by atoms with Gasteiger partial charge in [0.15, 0.2) is 0 Å². The summed E-state index contributed by atoms with van der Waals surface area (Å²) in [5.41, 5.74) is 5.67. The van der Waals surface area contributed by atoms with E-state index in [1.807, 2.05) is 0 Å². The van der Waals surface area contributed by atoms with Crippen molar-refractivity contribution in [1.82, 2.24) is 0 Å². The molecule has 0 unspecified atom stereocenters. The normalized spacial score (nSPS) is 10.8. The molecule has 0 saturated heterocycles. The summed E-state index contributed by atoms with van der Waals surface area (Å²) >= 11 is -0.106. The van der Waals surface area contributed by atoms with Crippen molar-refractivity contribution in [3.63, 3.8) is 0 Å². The third-order valence-corrected chi connectivity index (χ3v) is 6.90. The molecule has 0 bridgehead atoms. The quantitative estimate of drug-likeness (QED) is 0.147. The summed E-state index contributed by atoms with van der Waals surface area (Å²) in [7, 11) is 10.5. The van der Waals surface area contributed by atoms with Crippen LogP contribution in [0.25, 0.3) is 0 Å². The van der Waals surface area contributed by atoms with Crippen LogP contribution in [-0.2, 0) is 15.9 Å². The first-order valence-corrected chi connectivity index (χ1v) is 16.0. The van der Waals surface area contributed by atoms with E-state index in [1.54, 1.807) is 0 Å². The maximum absolute atomic E-state index is 4.81. The molecule has 0 spiro atoms. The fraction of sp³-hybridized carbons (Fsp3) is 0.143. The van der Waals surface area contributed by atoms with Crippen molar-refractivity contribution in [1.29, 1.82) is 0 Å². The van der Waals surface area contributed by atoms with Crippen LogP contribution in [0.5, 0.6) is 0 Å². The van der Waals surface area contributed by atoms with Crippen LogP contribution in [0.1, 0.15) is 34.1 Å². The van der Waals surface area contributed by atoms with Gasteiger partial charge in [-0.15, -0.1) is 8.58 Å². The smallest absolute Gasteiger partial charge is 0.0126 e. The second kappa shape index (κ2) is 14.7. The summed E-state index contributed by atoms with van der Waals surface area (Å²) in [6.45, 7) is 0. The molecular formula is C28H27Cl2PPd. The van der Waals surface area contributed by atoms with E-state index in [9.17, 15) is 0 Å². The average Bonchev–Trinajstić information content (AvgIpc) is 2.87. The molecule has 168 valence electrons. The molecule has 0 aromatic heterocycles. The minimum atomic E-state index is -0.106. The molecule has 4 rings (SSSR count). The molecule has 0 heterocycles. The van der Waals surface area contributed by atoms with Gasteiger partial charge in [0.05, 0.1) is 0 Å². The summed E-state index contributed by atoms with van der Waals surface area (Å²) in [6, 6.07) is 43.9. The van der Waals surface area contributed by atoms with E-state index in [1.165, 1.54) is 34.6 Å². The van der Waals surface area contributed by atoms with Gasteiger partial charge in [-0.2, -0.15) is 0 Å². The van der Waals surface area contributed by atoms with Crippen molar-refractivity contribution >= 4 is 27.6 Å². The molecule has 0 aliphatic heterocycles. The summed E-state index contributed by atoms with van der Waals surface area (Å²) in [5, 5.41) is 0. The molecule has 0 N–H and O–H groups in total. The molecule has 4 aromatic carbocycles. The Labute approximate surface area is 210 Å². The van der Waals surface area contributed by atoms with Gasteiger partial charge in [0.1, 0.15) is 0 Å². The van der Waals surface area contributed by atoms with Crippen LogP contribution in [0.15, 0.2) is 121 Å². The maximum Gasteiger partial charge on any atom is 0.0126 e.